The molecule has 0 saturated carbocycles. The molecule has 2 saturated heterocycles. The lowest BCUT2D eigenvalue weighted by Gasteiger charge is -2.44. The van der Waals surface area contributed by atoms with Crippen molar-refractivity contribution in [3.8, 4) is 0 Å². The number of fused-ring (bicyclic) bond motifs is 1. The van der Waals surface area contributed by atoms with E-state index in [2.05, 4.69) is 10.2 Å². The maximum atomic E-state index is 11.8. The molecule has 0 unspecified atom stereocenters. The van der Waals surface area contributed by atoms with Crippen LogP contribution in [-0.4, -0.2) is 42.6 Å². The van der Waals surface area contributed by atoms with Gasteiger partial charge < -0.3 is 4.74 Å². The minimum absolute atomic E-state index is 0.386. The number of carbonyl (C=O) groups is 2. The molecule has 2 aliphatic heterocycles. The Balaban J connectivity index is 1.47. The molecular weight excluding hydrogens is 300 g/mol. The third kappa shape index (κ3) is 3.67. The molecule has 6 heteroatoms. The summed E-state index contributed by atoms with van der Waals surface area (Å²) < 4.78 is 5.31. The molecule has 0 radical (unpaired) electrons. The summed E-state index contributed by atoms with van der Waals surface area (Å²) in [6.45, 7) is 2.75. The Kier molecular flexibility index (Phi) is 5.10. The van der Waals surface area contributed by atoms with Gasteiger partial charge in [0.2, 0.25) is 0 Å². The van der Waals surface area contributed by atoms with Gasteiger partial charge in [0.25, 0.3) is 5.91 Å². The quantitative estimate of drug-likeness (QED) is 0.929. The summed E-state index contributed by atoms with van der Waals surface area (Å²) in [5.41, 5.74) is 0. The standard InChI is InChI=1S/C16H22N2O3S/c19-15(14-7-4-10-22-14)17-16(20)21-11-12-5-3-9-18-8-2-1-6-13(12)18/h4,7,10,12-13H,1-3,5-6,8-9,11H2,(H,17,19,20)/t12-,13+/m1/s1. The highest BCUT2D eigenvalue weighted by molar-refractivity contribution is 7.12. The summed E-state index contributed by atoms with van der Waals surface area (Å²) >= 11 is 1.31. The Bertz CT molecular complexity index is 515. The number of nitrogens with zero attached hydrogens (tertiary/aromatic N) is 1. The summed E-state index contributed by atoms with van der Waals surface area (Å²) in [5, 5.41) is 4.10. The maximum absolute atomic E-state index is 11.8. The van der Waals surface area contributed by atoms with Crippen molar-refractivity contribution in [3.05, 3.63) is 22.4 Å². The summed E-state index contributed by atoms with van der Waals surface area (Å²) in [5.74, 6) is 0.0135. The number of nitrogens with one attached hydrogen (secondary N) is 1. The first-order chi connectivity index (χ1) is 10.7. The van der Waals surface area contributed by atoms with E-state index in [0.29, 0.717) is 23.4 Å². The fourth-order valence-electron chi connectivity index (χ4n) is 3.55. The van der Waals surface area contributed by atoms with Crippen molar-refractivity contribution in [2.75, 3.05) is 19.7 Å². The number of ether oxygens (including phenoxy) is 1. The molecule has 0 spiro atoms. The second-order valence-corrected chi connectivity index (χ2v) is 6.98. The molecule has 0 aliphatic carbocycles. The smallest absolute Gasteiger partial charge is 0.414 e. The number of imide groups is 1. The van der Waals surface area contributed by atoms with Crippen molar-refractivity contribution >= 4 is 23.3 Å². The first-order valence-electron chi connectivity index (χ1n) is 7.99. The van der Waals surface area contributed by atoms with Gasteiger partial charge in [0, 0.05) is 12.0 Å². The number of alkyl carbamates (subject to hydrolysis) is 1. The lowest BCUT2D eigenvalue weighted by molar-refractivity contribution is 0.0235. The zero-order chi connectivity index (χ0) is 15.4. The number of rotatable bonds is 3. The van der Waals surface area contributed by atoms with Gasteiger partial charge >= 0.3 is 6.09 Å². The molecule has 22 heavy (non-hydrogen) atoms. The molecule has 2 atom stereocenters. The number of piperidine rings is 2. The van der Waals surface area contributed by atoms with E-state index in [4.69, 9.17) is 4.74 Å². The van der Waals surface area contributed by atoms with Crippen LogP contribution in [0.4, 0.5) is 4.79 Å². The molecular formula is C16H22N2O3S. The second-order valence-electron chi connectivity index (χ2n) is 6.03. The van der Waals surface area contributed by atoms with Gasteiger partial charge in [-0.25, -0.2) is 4.79 Å². The van der Waals surface area contributed by atoms with Gasteiger partial charge in [-0.15, -0.1) is 11.3 Å². The number of hydrogen-bond acceptors (Lipinski definition) is 5. The van der Waals surface area contributed by atoms with Gasteiger partial charge in [-0.1, -0.05) is 12.5 Å². The fourth-order valence-corrected chi connectivity index (χ4v) is 4.17. The molecule has 1 aromatic heterocycles. The second kappa shape index (κ2) is 7.24. The highest BCUT2D eigenvalue weighted by Crippen LogP contribution is 2.30. The largest absolute Gasteiger partial charge is 0.449 e. The molecule has 2 fully saturated rings. The van der Waals surface area contributed by atoms with E-state index < -0.39 is 6.09 Å². The van der Waals surface area contributed by atoms with E-state index in [9.17, 15) is 9.59 Å². The van der Waals surface area contributed by atoms with Crippen LogP contribution in [0.25, 0.3) is 0 Å². The molecule has 3 heterocycles. The molecule has 120 valence electrons. The van der Waals surface area contributed by atoms with Gasteiger partial charge in [0.1, 0.15) is 0 Å². The maximum Gasteiger partial charge on any atom is 0.414 e. The van der Waals surface area contributed by atoms with Gasteiger partial charge in [0.05, 0.1) is 11.5 Å². The lowest BCUT2D eigenvalue weighted by atomic mass is 9.84. The third-order valence-electron chi connectivity index (χ3n) is 4.62. The van der Waals surface area contributed by atoms with E-state index in [1.165, 1.54) is 50.1 Å². The highest BCUT2D eigenvalue weighted by Gasteiger charge is 2.33. The molecule has 1 aromatic rings. The van der Waals surface area contributed by atoms with Crippen LogP contribution in [0.1, 0.15) is 41.8 Å². The van der Waals surface area contributed by atoms with Gasteiger partial charge in [-0.05, 0) is 50.2 Å². The van der Waals surface area contributed by atoms with Crippen LogP contribution in [0.2, 0.25) is 0 Å². The monoisotopic (exact) mass is 322 g/mol. The van der Waals surface area contributed by atoms with Crippen LogP contribution in [0, 0.1) is 5.92 Å². The number of hydrogen-bond donors (Lipinski definition) is 1. The van der Waals surface area contributed by atoms with E-state index in [1.807, 2.05) is 0 Å². The van der Waals surface area contributed by atoms with Gasteiger partial charge in [-0.2, -0.15) is 0 Å². The van der Waals surface area contributed by atoms with E-state index in [0.717, 1.165) is 6.42 Å². The zero-order valence-corrected chi connectivity index (χ0v) is 13.4. The summed E-state index contributed by atoms with van der Waals surface area (Å²) in [6.07, 6.45) is 5.38. The molecule has 3 rings (SSSR count). The van der Waals surface area contributed by atoms with Crippen molar-refractivity contribution < 1.29 is 14.3 Å². The van der Waals surface area contributed by atoms with Crippen molar-refractivity contribution in [2.45, 2.75) is 38.1 Å². The van der Waals surface area contributed by atoms with Crippen LogP contribution in [-0.2, 0) is 4.74 Å². The molecule has 1 N–H and O–H groups in total. The molecule has 0 aromatic carbocycles. The topological polar surface area (TPSA) is 58.6 Å². The Morgan fingerprint density at radius 2 is 2.14 bits per heavy atom. The summed E-state index contributed by atoms with van der Waals surface area (Å²) in [4.78, 5) is 26.6. The third-order valence-corrected chi connectivity index (χ3v) is 5.49. The van der Waals surface area contributed by atoms with Crippen molar-refractivity contribution in [2.24, 2.45) is 5.92 Å². The number of carbonyl (C=O) groups excluding carboxylic acids is 2. The predicted molar refractivity (Wildman–Crippen MR) is 85.1 cm³/mol. The molecule has 5 nitrogen and oxygen atoms in total. The normalized spacial score (nSPS) is 25.3. The lowest BCUT2D eigenvalue weighted by Crippen LogP contribution is -2.49. The van der Waals surface area contributed by atoms with E-state index in [-0.39, 0.29) is 5.91 Å². The van der Waals surface area contributed by atoms with Crippen LogP contribution in [0.3, 0.4) is 0 Å². The Morgan fingerprint density at radius 1 is 1.27 bits per heavy atom. The average molecular weight is 322 g/mol. The minimum atomic E-state index is -0.633. The Morgan fingerprint density at radius 3 is 2.95 bits per heavy atom. The van der Waals surface area contributed by atoms with E-state index in [1.54, 1.807) is 17.5 Å². The number of thiophene rings is 1. The van der Waals surface area contributed by atoms with Crippen molar-refractivity contribution in [1.82, 2.24) is 10.2 Å². The highest BCUT2D eigenvalue weighted by atomic mass is 32.1. The average Bonchev–Trinajstić information content (AvgIpc) is 3.07. The first-order valence-corrected chi connectivity index (χ1v) is 8.87. The number of amides is 2. The minimum Gasteiger partial charge on any atom is -0.449 e. The van der Waals surface area contributed by atoms with Crippen LogP contribution < -0.4 is 5.32 Å². The van der Waals surface area contributed by atoms with Gasteiger partial charge in [0.15, 0.2) is 0 Å². The van der Waals surface area contributed by atoms with Crippen LogP contribution >= 0.6 is 11.3 Å². The van der Waals surface area contributed by atoms with Crippen molar-refractivity contribution in [1.29, 1.82) is 0 Å². The SMILES string of the molecule is O=C(NC(=O)c1cccs1)OC[C@H]1CCCN2CCCC[C@@H]12. The van der Waals surface area contributed by atoms with Crippen LogP contribution in [0.5, 0.6) is 0 Å². The summed E-state index contributed by atoms with van der Waals surface area (Å²) in [6, 6.07) is 4.02. The Labute approximate surface area is 134 Å². The first kappa shape index (κ1) is 15.5. The predicted octanol–water partition coefficient (Wildman–Crippen LogP) is 2.88. The van der Waals surface area contributed by atoms with Crippen molar-refractivity contribution in [3.63, 3.8) is 0 Å². The molecule has 0 bridgehead atoms. The Hall–Kier alpha value is -1.40. The molecule has 2 aliphatic rings. The van der Waals surface area contributed by atoms with Crippen LogP contribution in [0.15, 0.2) is 17.5 Å². The fraction of sp³-hybridized carbons (Fsp3) is 0.625. The summed E-state index contributed by atoms with van der Waals surface area (Å²) in [7, 11) is 0. The van der Waals surface area contributed by atoms with E-state index >= 15 is 0 Å². The molecule has 2 amide bonds. The zero-order valence-electron chi connectivity index (χ0n) is 12.6. The van der Waals surface area contributed by atoms with Gasteiger partial charge in [-0.3, -0.25) is 15.0 Å².